The highest BCUT2D eigenvalue weighted by molar-refractivity contribution is 9.10. The van der Waals surface area contributed by atoms with Crippen molar-refractivity contribution in [1.82, 2.24) is 0 Å². The first-order valence-electron chi connectivity index (χ1n) is 6.92. The summed E-state index contributed by atoms with van der Waals surface area (Å²) in [6.45, 7) is 2.25. The Hall–Kier alpha value is -1.29. The molecule has 0 radical (unpaired) electrons. The van der Waals surface area contributed by atoms with E-state index in [9.17, 15) is 4.79 Å². The van der Waals surface area contributed by atoms with Crippen LogP contribution in [0.5, 0.6) is 5.75 Å². The molecule has 1 aromatic rings. The van der Waals surface area contributed by atoms with Gasteiger partial charge in [0.25, 0.3) is 0 Å². The van der Waals surface area contributed by atoms with Gasteiger partial charge in [-0.05, 0) is 49.5 Å². The number of aliphatic carboxylic acids is 1. The van der Waals surface area contributed by atoms with E-state index in [1.807, 2.05) is 18.2 Å². The second-order valence-corrected chi connectivity index (χ2v) is 6.28. The van der Waals surface area contributed by atoms with E-state index >= 15 is 0 Å². The molecular weight excluding hydrogens is 320 g/mol. The highest BCUT2D eigenvalue weighted by Gasteiger charge is 2.20. The van der Waals surface area contributed by atoms with Crippen molar-refractivity contribution >= 4 is 28.0 Å². The van der Waals surface area contributed by atoms with Crippen LogP contribution >= 0.6 is 15.9 Å². The summed E-state index contributed by atoms with van der Waals surface area (Å²) in [6.07, 6.45) is 7.55. The van der Waals surface area contributed by atoms with Crippen LogP contribution in [0.3, 0.4) is 0 Å². The van der Waals surface area contributed by atoms with Gasteiger partial charge in [0.1, 0.15) is 5.75 Å². The van der Waals surface area contributed by atoms with Crippen molar-refractivity contribution in [2.24, 2.45) is 5.92 Å². The van der Waals surface area contributed by atoms with Gasteiger partial charge in [-0.15, -0.1) is 0 Å². The maximum Gasteiger partial charge on any atom is 0.328 e. The predicted molar refractivity (Wildman–Crippen MR) is 82.9 cm³/mol. The fraction of sp³-hybridized carbons (Fsp3) is 0.438. The number of hydrogen-bond donors (Lipinski definition) is 1. The second kappa shape index (κ2) is 6.93. The summed E-state index contributed by atoms with van der Waals surface area (Å²) in [5, 5.41) is 8.75. The Morgan fingerprint density at radius 3 is 2.95 bits per heavy atom. The van der Waals surface area contributed by atoms with Crippen LogP contribution in [-0.4, -0.2) is 17.2 Å². The summed E-state index contributed by atoms with van der Waals surface area (Å²) < 4.78 is 6.99. The molecule has 0 amide bonds. The lowest BCUT2D eigenvalue weighted by atomic mass is 9.88. The lowest BCUT2D eigenvalue weighted by molar-refractivity contribution is -0.131. The Balaban J connectivity index is 2.15. The minimum atomic E-state index is -0.956. The highest BCUT2D eigenvalue weighted by Crippen LogP contribution is 2.31. The van der Waals surface area contributed by atoms with Crippen molar-refractivity contribution in [1.29, 1.82) is 0 Å². The van der Waals surface area contributed by atoms with Crippen LogP contribution in [-0.2, 0) is 4.79 Å². The minimum Gasteiger partial charge on any atom is -0.490 e. The molecule has 3 nitrogen and oxygen atoms in total. The van der Waals surface area contributed by atoms with Crippen molar-refractivity contribution in [3.63, 3.8) is 0 Å². The van der Waals surface area contributed by atoms with E-state index in [1.54, 1.807) is 6.08 Å². The summed E-state index contributed by atoms with van der Waals surface area (Å²) in [7, 11) is 0. The Labute approximate surface area is 127 Å². The number of carboxylic acid groups (broad SMARTS) is 1. The standard InChI is InChI=1S/C16H19BrO3/c1-11-3-2-4-14(9-11)20-15-7-6-13(17)10-12(15)5-8-16(18)19/h5-8,10-11,14H,2-4,9H2,1H3,(H,18,19). The lowest BCUT2D eigenvalue weighted by Gasteiger charge is -2.28. The van der Waals surface area contributed by atoms with Gasteiger partial charge in [-0.25, -0.2) is 4.79 Å². The van der Waals surface area contributed by atoms with Gasteiger partial charge in [0.2, 0.25) is 0 Å². The molecule has 1 N–H and O–H groups in total. The molecule has 0 aromatic heterocycles. The molecule has 108 valence electrons. The molecule has 1 aliphatic rings. The molecule has 2 unspecified atom stereocenters. The molecule has 0 bridgehead atoms. The van der Waals surface area contributed by atoms with Gasteiger partial charge in [0, 0.05) is 16.1 Å². The molecule has 0 spiro atoms. The number of carbonyl (C=O) groups is 1. The van der Waals surface area contributed by atoms with Crippen LogP contribution in [0, 0.1) is 5.92 Å². The van der Waals surface area contributed by atoms with Crippen molar-refractivity contribution in [3.8, 4) is 5.75 Å². The number of halogens is 1. The first-order chi connectivity index (χ1) is 9.54. The third kappa shape index (κ3) is 4.37. The van der Waals surface area contributed by atoms with E-state index in [2.05, 4.69) is 22.9 Å². The summed E-state index contributed by atoms with van der Waals surface area (Å²) in [4.78, 5) is 10.7. The maximum atomic E-state index is 10.7. The number of hydrogen-bond acceptors (Lipinski definition) is 2. The zero-order valence-electron chi connectivity index (χ0n) is 11.5. The van der Waals surface area contributed by atoms with Crippen molar-refractivity contribution in [2.45, 2.75) is 38.7 Å². The zero-order chi connectivity index (χ0) is 14.5. The first-order valence-corrected chi connectivity index (χ1v) is 7.71. The molecule has 20 heavy (non-hydrogen) atoms. The molecule has 2 rings (SSSR count). The van der Waals surface area contributed by atoms with Gasteiger partial charge < -0.3 is 9.84 Å². The highest BCUT2D eigenvalue weighted by atomic mass is 79.9. The Morgan fingerprint density at radius 1 is 1.45 bits per heavy atom. The summed E-state index contributed by atoms with van der Waals surface area (Å²) >= 11 is 3.40. The summed E-state index contributed by atoms with van der Waals surface area (Å²) in [6, 6.07) is 5.69. The molecule has 0 saturated heterocycles. The Kier molecular flexibility index (Phi) is 5.24. The molecule has 4 heteroatoms. The van der Waals surface area contributed by atoms with E-state index in [4.69, 9.17) is 9.84 Å². The van der Waals surface area contributed by atoms with Crippen LogP contribution in [0.4, 0.5) is 0 Å². The largest absolute Gasteiger partial charge is 0.490 e. The molecule has 2 atom stereocenters. The topological polar surface area (TPSA) is 46.5 Å². The third-order valence-corrected chi connectivity index (χ3v) is 4.05. The molecule has 0 aliphatic heterocycles. The van der Waals surface area contributed by atoms with E-state index < -0.39 is 5.97 Å². The van der Waals surface area contributed by atoms with Crippen LogP contribution in [0.1, 0.15) is 38.2 Å². The molecular formula is C16H19BrO3. The van der Waals surface area contributed by atoms with Crippen LogP contribution < -0.4 is 4.74 Å². The van der Waals surface area contributed by atoms with Crippen LogP contribution in [0.25, 0.3) is 6.08 Å². The lowest BCUT2D eigenvalue weighted by Crippen LogP contribution is -2.24. The normalized spacial score (nSPS) is 22.9. The fourth-order valence-corrected chi connectivity index (χ4v) is 2.96. The van der Waals surface area contributed by atoms with Crippen LogP contribution in [0.15, 0.2) is 28.7 Å². The number of rotatable bonds is 4. The van der Waals surface area contributed by atoms with E-state index in [0.717, 1.165) is 34.7 Å². The second-order valence-electron chi connectivity index (χ2n) is 5.37. The van der Waals surface area contributed by atoms with E-state index in [0.29, 0.717) is 5.92 Å². The first kappa shape index (κ1) is 15.1. The van der Waals surface area contributed by atoms with Gasteiger partial charge in [0.05, 0.1) is 6.10 Å². The van der Waals surface area contributed by atoms with Crippen molar-refractivity contribution in [2.75, 3.05) is 0 Å². The molecule has 1 aliphatic carbocycles. The Morgan fingerprint density at radius 2 is 2.25 bits per heavy atom. The third-order valence-electron chi connectivity index (χ3n) is 3.56. The smallest absolute Gasteiger partial charge is 0.328 e. The zero-order valence-corrected chi connectivity index (χ0v) is 13.1. The van der Waals surface area contributed by atoms with Gasteiger partial charge in [-0.3, -0.25) is 0 Å². The summed E-state index contributed by atoms with van der Waals surface area (Å²) in [5.74, 6) is 0.495. The fourth-order valence-electron chi connectivity index (χ4n) is 2.58. The molecule has 1 saturated carbocycles. The van der Waals surface area contributed by atoms with Gasteiger partial charge in [-0.1, -0.05) is 29.3 Å². The summed E-state index contributed by atoms with van der Waals surface area (Å²) in [5.41, 5.74) is 0.792. The van der Waals surface area contributed by atoms with Gasteiger partial charge in [0.15, 0.2) is 0 Å². The minimum absolute atomic E-state index is 0.233. The molecule has 0 heterocycles. The van der Waals surface area contributed by atoms with Gasteiger partial charge >= 0.3 is 5.97 Å². The average Bonchev–Trinajstić information content (AvgIpc) is 2.39. The van der Waals surface area contributed by atoms with E-state index in [1.165, 1.54) is 12.8 Å². The quantitative estimate of drug-likeness (QED) is 0.822. The van der Waals surface area contributed by atoms with Crippen LogP contribution in [0.2, 0.25) is 0 Å². The number of ether oxygens (including phenoxy) is 1. The molecule has 1 aromatic carbocycles. The number of carboxylic acids is 1. The predicted octanol–water partition coefficient (Wildman–Crippen LogP) is 4.50. The SMILES string of the molecule is CC1CCCC(Oc2ccc(Br)cc2C=CC(=O)O)C1. The number of benzene rings is 1. The van der Waals surface area contributed by atoms with Crippen molar-refractivity contribution < 1.29 is 14.6 Å². The average molecular weight is 339 g/mol. The van der Waals surface area contributed by atoms with E-state index in [-0.39, 0.29) is 6.10 Å². The molecule has 1 fully saturated rings. The van der Waals surface area contributed by atoms with Crippen molar-refractivity contribution in [3.05, 3.63) is 34.3 Å². The Bertz CT molecular complexity index is 510. The maximum absolute atomic E-state index is 10.7. The monoisotopic (exact) mass is 338 g/mol. The van der Waals surface area contributed by atoms with Gasteiger partial charge in [-0.2, -0.15) is 0 Å².